The molecule has 2 amide bonds. The lowest BCUT2D eigenvalue weighted by Crippen LogP contribution is -2.37. The Bertz CT molecular complexity index is 1210. The normalized spacial score (nSPS) is 21.4. The van der Waals surface area contributed by atoms with E-state index < -0.39 is 18.1 Å². The molecule has 2 fully saturated rings. The van der Waals surface area contributed by atoms with Crippen LogP contribution in [0.3, 0.4) is 0 Å². The maximum Gasteiger partial charge on any atom is 0.266 e. The molecule has 3 aromatic carbocycles. The van der Waals surface area contributed by atoms with Crippen molar-refractivity contribution in [2.24, 2.45) is 5.92 Å². The van der Waals surface area contributed by atoms with E-state index in [1.807, 2.05) is 86.6 Å². The third-order valence-corrected chi connectivity index (χ3v) is 6.44. The van der Waals surface area contributed by atoms with Crippen molar-refractivity contribution >= 4 is 28.9 Å². The van der Waals surface area contributed by atoms with Crippen molar-refractivity contribution in [1.82, 2.24) is 0 Å². The van der Waals surface area contributed by atoms with Crippen LogP contribution in [0.2, 0.25) is 0 Å². The molecule has 2 heterocycles. The van der Waals surface area contributed by atoms with Gasteiger partial charge in [0.1, 0.15) is 11.7 Å². The first-order valence-electron chi connectivity index (χ1n) is 11.9. The molecular formula is C28H29N3O4. The van der Waals surface area contributed by atoms with Gasteiger partial charge in [0.25, 0.3) is 5.91 Å². The Morgan fingerprint density at radius 1 is 0.886 bits per heavy atom. The molecule has 0 radical (unpaired) electrons. The van der Waals surface area contributed by atoms with Gasteiger partial charge in [0.2, 0.25) is 5.91 Å². The molecule has 0 saturated carbocycles. The van der Waals surface area contributed by atoms with Crippen molar-refractivity contribution in [3.63, 3.8) is 0 Å². The summed E-state index contributed by atoms with van der Waals surface area (Å²) in [6, 6.07) is 24.3. The minimum Gasteiger partial charge on any atom is -0.491 e. The van der Waals surface area contributed by atoms with Crippen LogP contribution in [0.25, 0.3) is 0 Å². The summed E-state index contributed by atoms with van der Waals surface area (Å²) in [6.07, 6.45) is -0.0952. The highest BCUT2D eigenvalue weighted by atomic mass is 16.7. The molecule has 2 saturated heterocycles. The number of para-hydroxylation sites is 3. The molecule has 7 heteroatoms. The fourth-order valence-electron chi connectivity index (χ4n) is 4.74. The summed E-state index contributed by atoms with van der Waals surface area (Å²) < 4.78 is 5.85. The van der Waals surface area contributed by atoms with Gasteiger partial charge in [-0.25, -0.2) is 9.96 Å². The van der Waals surface area contributed by atoms with Gasteiger partial charge in [-0.15, -0.1) is 0 Å². The maximum atomic E-state index is 13.9. The van der Waals surface area contributed by atoms with E-state index in [1.54, 1.807) is 23.3 Å². The van der Waals surface area contributed by atoms with Gasteiger partial charge in [0.05, 0.1) is 24.0 Å². The van der Waals surface area contributed by atoms with Crippen LogP contribution in [-0.4, -0.2) is 38.6 Å². The van der Waals surface area contributed by atoms with Crippen LogP contribution in [0.4, 0.5) is 17.1 Å². The zero-order chi connectivity index (χ0) is 24.5. The van der Waals surface area contributed by atoms with Crippen molar-refractivity contribution in [3.05, 3.63) is 84.4 Å². The first-order chi connectivity index (χ1) is 17.0. The number of imide groups is 1. The zero-order valence-corrected chi connectivity index (χ0v) is 20.1. The van der Waals surface area contributed by atoms with Crippen molar-refractivity contribution in [1.29, 1.82) is 0 Å². The van der Waals surface area contributed by atoms with Crippen molar-refractivity contribution in [2.45, 2.75) is 25.5 Å². The Labute approximate surface area is 205 Å². The summed E-state index contributed by atoms with van der Waals surface area (Å²) in [4.78, 5) is 37.0. The number of hydrogen-bond donors (Lipinski definition) is 0. The molecule has 0 unspecified atom stereocenters. The monoisotopic (exact) mass is 471 g/mol. The van der Waals surface area contributed by atoms with Gasteiger partial charge in [0, 0.05) is 19.8 Å². The van der Waals surface area contributed by atoms with Gasteiger partial charge in [-0.2, -0.15) is 0 Å². The Morgan fingerprint density at radius 2 is 1.57 bits per heavy atom. The number of benzene rings is 3. The van der Waals surface area contributed by atoms with Gasteiger partial charge >= 0.3 is 0 Å². The second kappa shape index (κ2) is 9.43. The molecule has 35 heavy (non-hydrogen) atoms. The number of carbonyl (C=O) groups excluding carboxylic acids is 2. The molecule has 0 aliphatic carbocycles. The van der Waals surface area contributed by atoms with Crippen LogP contribution < -0.4 is 19.6 Å². The third-order valence-electron chi connectivity index (χ3n) is 6.44. The highest BCUT2D eigenvalue weighted by Crippen LogP contribution is 2.48. The molecule has 0 N–H and O–H groups in total. The molecular weight excluding hydrogens is 442 g/mol. The Morgan fingerprint density at radius 3 is 2.26 bits per heavy atom. The van der Waals surface area contributed by atoms with Crippen molar-refractivity contribution in [2.75, 3.05) is 35.6 Å². The fourth-order valence-corrected chi connectivity index (χ4v) is 4.74. The molecule has 3 aromatic rings. The van der Waals surface area contributed by atoms with E-state index in [4.69, 9.17) is 9.57 Å². The summed E-state index contributed by atoms with van der Waals surface area (Å²) in [5.41, 5.74) is 3.21. The number of rotatable bonds is 7. The predicted molar refractivity (Wildman–Crippen MR) is 136 cm³/mol. The van der Waals surface area contributed by atoms with Crippen LogP contribution in [0, 0.1) is 5.92 Å². The van der Waals surface area contributed by atoms with Gasteiger partial charge in [-0.3, -0.25) is 14.4 Å². The topological polar surface area (TPSA) is 62.3 Å². The number of carbonyl (C=O) groups is 2. The number of anilines is 3. The summed E-state index contributed by atoms with van der Waals surface area (Å²) in [5.74, 6) is -0.830. The zero-order valence-electron chi connectivity index (χ0n) is 20.1. The number of amides is 2. The standard InChI is InChI=1S/C28H29N3O4/c1-4-18-34-23-13-9-8-12-22(23)30-27(32)24-25(19-14-16-20(17-15-19)29(2)3)31(35-26(24)28(30)33)21-10-6-5-7-11-21/h5-17,24-26H,4,18H2,1-3H3/t24-,25+,26-/m1/s1. The van der Waals surface area contributed by atoms with Crippen LogP contribution in [0.15, 0.2) is 78.9 Å². The molecule has 0 bridgehead atoms. The van der Waals surface area contributed by atoms with Crippen LogP contribution in [0.1, 0.15) is 24.9 Å². The molecule has 2 aliphatic rings. The lowest BCUT2D eigenvalue weighted by molar-refractivity contribution is -0.126. The third kappa shape index (κ3) is 4.02. The second-order valence-corrected chi connectivity index (χ2v) is 8.97. The van der Waals surface area contributed by atoms with E-state index in [2.05, 4.69) is 0 Å². The second-order valence-electron chi connectivity index (χ2n) is 8.97. The van der Waals surface area contributed by atoms with Crippen molar-refractivity contribution in [3.8, 4) is 5.75 Å². The quantitative estimate of drug-likeness (QED) is 0.470. The van der Waals surface area contributed by atoms with Crippen LogP contribution >= 0.6 is 0 Å². The molecule has 0 aromatic heterocycles. The SMILES string of the molecule is CCCOc1ccccc1N1C(=O)[C@H]2[C@@H](ON(c3ccccc3)[C@H]2c2ccc(N(C)C)cc2)C1=O. The van der Waals surface area contributed by atoms with Gasteiger partial charge < -0.3 is 9.64 Å². The summed E-state index contributed by atoms with van der Waals surface area (Å²) in [6.45, 7) is 2.51. The summed E-state index contributed by atoms with van der Waals surface area (Å²) >= 11 is 0. The minimum atomic E-state index is -0.916. The van der Waals surface area contributed by atoms with E-state index in [9.17, 15) is 9.59 Å². The van der Waals surface area contributed by atoms with Crippen LogP contribution in [-0.2, 0) is 14.4 Å². The Kier molecular flexibility index (Phi) is 6.17. The van der Waals surface area contributed by atoms with Gasteiger partial charge in [-0.05, 0) is 48.4 Å². The van der Waals surface area contributed by atoms with E-state index in [0.717, 1.165) is 23.4 Å². The van der Waals surface area contributed by atoms with Crippen molar-refractivity contribution < 1.29 is 19.2 Å². The Hall–Kier alpha value is -3.84. The average Bonchev–Trinajstić information content (AvgIpc) is 3.39. The van der Waals surface area contributed by atoms with Crippen LogP contribution in [0.5, 0.6) is 5.75 Å². The lowest BCUT2D eigenvalue weighted by Gasteiger charge is -2.29. The molecule has 5 rings (SSSR count). The molecule has 3 atom stereocenters. The predicted octanol–water partition coefficient (Wildman–Crippen LogP) is 4.59. The first-order valence-corrected chi connectivity index (χ1v) is 11.9. The number of hydrogen-bond acceptors (Lipinski definition) is 6. The summed E-state index contributed by atoms with van der Waals surface area (Å²) in [7, 11) is 3.96. The molecule has 180 valence electrons. The highest BCUT2D eigenvalue weighted by molar-refractivity contribution is 6.24. The largest absolute Gasteiger partial charge is 0.491 e. The highest BCUT2D eigenvalue weighted by Gasteiger charge is 2.60. The minimum absolute atomic E-state index is 0.285. The van der Waals surface area contributed by atoms with E-state index in [-0.39, 0.29) is 11.8 Å². The lowest BCUT2D eigenvalue weighted by atomic mass is 9.90. The molecule has 7 nitrogen and oxygen atoms in total. The Balaban J connectivity index is 1.55. The average molecular weight is 472 g/mol. The maximum absolute atomic E-state index is 13.9. The molecule has 2 aliphatic heterocycles. The number of ether oxygens (including phenoxy) is 1. The van der Waals surface area contributed by atoms with E-state index >= 15 is 0 Å². The summed E-state index contributed by atoms with van der Waals surface area (Å²) in [5, 5.41) is 1.71. The van der Waals surface area contributed by atoms with E-state index in [1.165, 1.54) is 4.90 Å². The smallest absolute Gasteiger partial charge is 0.266 e. The van der Waals surface area contributed by atoms with E-state index in [0.29, 0.717) is 18.0 Å². The first kappa shape index (κ1) is 22.9. The van der Waals surface area contributed by atoms with Gasteiger partial charge in [-0.1, -0.05) is 49.4 Å². The number of hydroxylamine groups is 1. The number of fused-ring (bicyclic) bond motifs is 1. The molecule has 0 spiro atoms. The van der Waals surface area contributed by atoms with Gasteiger partial charge in [0.15, 0.2) is 6.10 Å². The fraction of sp³-hybridized carbons (Fsp3) is 0.286. The number of nitrogens with zero attached hydrogens (tertiary/aromatic N) is 3.